The lowest BCUT2D eigenvalue weighted by molar-refractivity contribution is -0.142. The van der Waals surface area contributed by atoms with Gasteiger partial charge >= 0.3 is 5.97 Å². The first-order valence-electron chi connectivity index (χ1n) is 8.47. The maximum atomic E-state index is 12.7. The maximum absolute atomic E-state index is 12.7. The van der Waals surface area contributed by atoms with Gasteiger partial charge in [-0.05, 0) is 31.4 Å². The number of carbonyl (C=O) groups excluding carboxylic acids is 4. The number of aldehydes is 1. The summed E-state index contributed by atoms with van der Waals surface area (Å²) in [5.41, 5.74) is 0.398. The highest BCUT2D eigenvalue weighted by Crippen LogP contribution is 2.26. The molecule has 2 unspecified atom stereocenters. The van der Waals surface area contributed by atoms with Crippen LogP contribution in [0.1, 0.15) is 46.4 Å². The normalized spacial score (nSPS) is 15.0. The highest BCUT2D eigenvalue weighted by molar-refractivity contribution is 6.22. The quantitative estimate of drug-likeness (QED) is 0.275. The van der Waals surface area contributed by atoms with Crippen LogP contribution >= 0.6 is 0 Å². The topological polar surface area (TPSA) is 121 Å². The molecule has 0 saturated heterocycles. The molecule has 8 nitrogen and oxygen atoms in total. The number of nitrogens with one attached hydrogen (secondary N) is 1. The average molecular weight is 372 g/mol. The van der Waals surface area contributed by atoms with Gasteiger partial charge in [-0.25, -0.2) is 4.79 Å². The fraction of sp³-hybridized carbons (Fsp3) is 0.316. The molecule has 0 bridgehead atoms. The standard InChI is InChI=1S/C19H20N2O6/c1-2-7-15(16(23)20-14(19(26)27)10-5-6-11-22)21-17(24)12-8-3-4-9-13(12)18(21)25/h2-4,8-9,11,14-15H,1,5-7,10H2,(H,20,23)(H,26,27). The first kappa shape index (κ1) is 20.0. The molecule has 1 heterocycles. The number of fused-ring (bicyclic) bond motifs is 1. The number of hydrogen-bond acceptors (Lipinski definition) is 5. The number of carboxylic acid groups (broad SMARTS) is 1. The van der Waals surface area contributed by atoms with Gasteiger partial charge < -0.3 is 15.2 Å². The molecule has 1 aliphatic heterocycles. The largest absolute Gasteiger partial charge is 0.480 e. The molecular formula is C19H20N2O6. The minimum Gasteiger partial charge on any atom is -0.480 e. The van der Waals surface area contributed by atoms with Crippen LogP contribution in [0.2, 0.25) is 0 Å². The van der Waals surface area contributed by atoms with Crippen LogP contribution in [0.5, 0.6) is 0 Å². The number of benzene rings is 1. The van der Waals surface area contributed by atoms with Gasteiger partial charge in [0.25, 0.3) is 11.8 Å². The minimum absolute atomic E-state index is 0.0159. The predicted octanol–water partition coefficient (Wildman–Crippen LogP) is 1.17. The van der Waals surface area contributed by atoms with Crippen molar-refractivity contribution >= 4 is 30.0 Å². The van der Waals surface area contributed by atoms with Crippen LogP contribution in [0.15, 0.2) is 36.9 Å². The van der Waals surface area contributed by atoms with E-state index in [0.717, 1.165) is 4.90 Å². The van der Waals surface area contributed by atoms with Crippen molar-refractivity contribution in [3.8, 4) is 0 Å². The van der Waals surface area contributed by atoms with E-state index in [9.17, 15) is 29.1 Å². The van der Waals surface area contributed by atoms with Gasteiger partial charge in [-0.2, -0.15) is 0 Å². The summed E-state index contributed by atoms with van der Waals surface area (Å²) in [5, 5.41) is 11.6. The lowest BCUT2D eigenvalue weighted by Gasteiger charge is -2.26. The van der Waals surface area contributed by atoms with Crippen molar-refractivity contribution < 1.29 is 29.1 Å². The number of amides is 3. The van der Waals surface area contributed by atoms with Crippen LogP contribution in [0.3, 0.4) is 0 Å². The van der Waals surface area contributed by atoms with E-state index in [4.69, 9.17) is 0 Å². The summed E-state index contributed by atoms with van der Waals surface area (Å²) in [7, 11) is 0. The molecule has 2 rings (SSSR count). The van der Waals surface area contributed by atoms with E-state index in [1.807, 2.05) is 0 Å². The van der Waals surface area contributed by atoms with Gasteiger partial charge in [0.05, 0.1) is 11.1 Å². The molecule has 142 valence electrons. The maximum Gasteiger partial charge on any atom is 0.326 e. The fourth-order valence-electron chi connectivity index (χ4n) is 2.91. The Hall–Kier alpha value is -3.29. The number of imide groups is 1. The summed E-state index contributed by atoms with van der Waals surface area (Å²) < 4.78 is 0. The first-order chi connectivity index (χ1) is 12.9. The molecule has 0 saturated carbocycles. The Morgan fingerprint density at radius 3 is 2.26 bits per heavy atom. The number of aliphatic carboxylic acids is 1. The van der Waals surface area contributed by atoms with Gasteiger partial charge in [-0.15, -0.1) is 6.58 Å². The monoisotopic (exact) mass is 372 g/mol. The molecule has 1 aliphatic rings. The van der Waals surface area contributed by atoms with Gasteiger partial charge in [0, 0.05) is 6.42 Å². The van der Waals surface area contributed by atoms with E-state index in [2.05, 4.69) is 11.9 Å². The van der Waals surface area contributed by atoms with Gasteiger partial charge in [0.2, 0.25) is 5.91 Å². The summed E-state index contributed by atoms with van der Waals surface area (Å²) in [4.78, 5) is 60.5. The molecule has 0 spiro atoms. The van der Waals surface area contributed by atoms with E-state index < -0.39 is 35.8 Å². The van der Waals surface area contributed by atoms with E-state index in [0.29, 0.717) is 12.7 Å². The zero-order valence-corrected chi connectivity index (χ0v) is 14.6. The second kappa shape index (κ2) is 8.88. The number of nitrogens with zero attached hydrogens (tertiary/aromatic N) is 1. The molecule has 1 aromatic carbocycles. The van der Waals surface area contributed by atoms with Gasteiger partial charge in [0.1, 0.15) is 18.4 Å². The molecule has 0 radical (unpaired) electrons. The lowest BCUT2D eigenvalue weighted by atomic mass is 10.1. The molecule has 2 N–H and O–H groups in total. The lowest BCUT2D eigenvalue weighted by Crippen LogP contribution is -2.53. The Morgan fingerprint density at radius 2 is 1.78 bits per heavy atom. The highest BCUT2D eigenvalue weighted by atomic mass is 16.4. The zero-order chi connectivity index (χ0) is 20.0. The molecule has 0 aromatic heterocycles. The Balaban J connectivity index is 2.21. The molecule has 2 atom stereocenters. The van der Waals surface area contributed by atoms with Crippen LogP contribution < -0.4 is 5.32 Å². The van der Waals surface area contributed by atoms with Crippen molar-refractivity contribution in [1.29, 1.82) is 0 Å². The summed E-state index contributed by atoms with van der Waals surface area (Å²) in [6, 6.07) is 3.80. The van der Waals surface area contributed by atoms with Gasteiger partial charge in [0.15, 0.2) is 0 Å². The highest BCUT2D eigenvalue weighted by Gasteiger charge is 2.42. The van der Waals surface area contributed by atoms with Crippen LogP contribution in [-0.4, -0.2) is 52.1 Å². The molecule has 27 heavy (non-hydrogen) atoms. The first-order valence-corrected chi connectivity index (χ1v) is 8.47. The summed E-state index contributed by atoms with van der Waals surface area (Å²) in [6.07, 6.45) is 2.56. The van der Waals surface area contributed by atoms with E-state index in [-0.39, 0.29) is 30.4 Å². The van der Waals surface area contributed by atoms with E-state index >= 15 is 0 Å². The predicted molar refractivity (Wildman–Crippen MR) is 95.0 cm³/mol. The summed E-state index contributed by atoms with van der Waals surface area (Å²) in [6.45, 7) is 3.54. The Labute approximate surface area is 155 Å². The number of rotatable bonds is 10. The third-order valence-corrected chi connectivity index (χ3v) is 4.26. The smallest absolute Gasteiger partial charge is 0.326 e. The zero-order valence-electron chi connectivity index (χ0n) is 14.6. The van der Waals surface area contributed by atoms with Crippen molar-refractivity contribution in [1.82, 2.24) is 10.2 Å². The van der Waals surface area contributed by atoms with Crippen molar-refractivity contribution in [3.63, 3.8) is 0 Å². The van der Waals surface area contributed by atoms with E-state index in [1.165, 1.54) is 18.2 Å². The number of unbranched alkanes of at least 4 members (excludes halogenated alkanes) is 1. The second-order valence-corrected chi connectivity index (χ2v) is 6.06. The third kappa shape index (κ3) is 4.28. The van der Waals surface area contributed by atoms with Crippen molar-refractivity contribution in [2.24, 2.45) is 0 Å². The molecule has 1 aromatic rings. The summed E-state index contributed by atoms with van der Waals surface area (Å²) in [5.74, 6) is -3.23. The number of carboxylic acids is 1. The number of hydrogen-bond donors (Lipinski definition) is 2. The van der Waals surface area contributed by atoms with E-state index in [1.54, 1.807) is 12.1 Å². The average Bonchev–Trinajstić information content (AvgIpc) is 2.90. The molecule has 0 aliphatic carbocycles. The molecular weight excluding hydrogens is 352 g/mol. The Bertz CT molecular complexity index is 753. The fourth-order valence-corrected chi connectivity index (χ4v) is 2.91. The molecule has 8 heteroatoms. The van der Waals surface area contributed by atoms with Crippen molar-refractivity contribution in [2.75, 3.05) is 0 Å². The third-order valence-electron chi connectivity index (χ3n) is 4.26. The van der Waals surface area contributed by atoms with Crippen LogP contribution in [0.4, 0.5) is 0 Å². The number of carbonyl (C=O) groups is 5. The SMILES string of the molecule is C=CCC(C(=O)NC(CCCC=O)C(=O)O)N1C(=O)c2ccccc2C1=O. The van der Waals surface area contributed by atoms with Crippen molar-refractivity contribution in [3.05, 3.63) is 48.0 Å². The minimum atomic E-state index is -1.26. The molecule has 3 amide bonds. The molecule has 0 fully saturated rings. The van der Waals surface area contributed by atoms with Crippen LogP contribution in [-0.2, 0) is 14.4 Å². The Kier molecular flexibility index (Phi) is 6.59. The van der Waals surface area contributed by atoms with Crippen LogP contribution in [0.25, 0.3) is 0 Å². The van der Waals surface area contributed by atoms with Gasteiger partial charge in [-0.3, -0.25) is 19.3 Å². The summed E-state index contributed by atoms with van der Waals surface area (Å²) >= 11 is 0. The van der Waals surface area contributed by atoms with Crippen LogP contribution in [0, 0.1) is 0 Å². The van der Waals surface area contributed by atoms with Crippen molar-refractivity contribution in [2.45, 2.75) is 37.8 Å². The van der Waals surface area contributed by atoms with Gasteiger partial charge in [-0.1, -0.05) is 18.2 Å². The Morgan fingerprint density at radius 1 is 1.19 bits per heavy atom. The second-order valence-electron chi connectivity index (χ2n) is 6.06.